The highest BCUT2D eigenvalue weighted by atomic mass is 16.6. The van der Waals surface area contributed by atoms with Crippen molar-refractivity contribution < 1.29 is 19.0 Å². The first-order valence-corrected chi connectivity index (χ1v) is 9.10. The van der Waals surface area contributed by atoms with Crippen molar-refractivity contribution in [3.8, 4) is 17.2 Å². The van der Waals surface area contributed by atoms with E-state index in [1.165, 1.54) is 22.6 Å². The van der Waals surface area contributed by atoms with Gasteiger partial charge in [0, 0.05) is 23.3 Å². The van der Waals surface area contributed by atoms with E-state index < -0.39 is 4.92 Å². The van der Waals surface area contributed by atoms with Crippen molar-refractivity contribution in [1.29, 1.82) is 0 Å². The van der Waals surface area contributed by atoms with Gasteiger partial charge in [-0.3, -0.25) is 10.1 Å². The quantitative estimate of drug-likeness (QED) is 0.475. The van der Waals surface area contributed by atoms with Gasteiger partial charge in [0.2, 0.25) is 5.89 Å². The fraction of sp³-hybridized carbons (Fsp3) is 0.300. The van der Waals surface area contributed by atoms with Crippen molar-refractivity contribution in [3.05, 3.63) is 70.1 Å². The lowest BCUT2D eigenvalue weighted by Gasteiger charge is -2.19. The second-order valence-electron chi connectivity index (χ2n) is 6.57. The van der Waals surface area contributed by atoms with Crippen LogP contribution in [0.2, 0.25) is 0 Å². The van der Waals surface area contributed by atoms with Crippen molar-refractivity contribution in [2.45, 2.75) is 26.4 Å². The lowest BCUT2D eigenvalue weighted by molar-refractivity contribution is -0.925. The van der Waals surface area contributed by atoms with Gasteiger partial charge in [-0.25, -0.2) is 0 Å². The second kappa shape index (κ2) is 8.62. The van der Waals surface area contributed by atoms with Gasteiger partial charge in [0.1, 0.15) is 12.3 Å². The molecule has 28 heavy (non-hydrogen) atoms. The highest BCUT2D eigenvalue weighted by Gasteiger charge is 2.23. The fourth-order valence-corrected chi connectivity index (χ4v) is 2.81. The number of nitrogens with zero attached hydrogens (tertiary/aromatic N) is 3. The van der Waals surface area contributed by atoms with Crippen LogP contribution in [0.3, 0.4) is 0 Å². The van der Waals surface area contributed by atoms with Crippen LogP contribution in [0.4, 0.5) is 5.69 Å². The lowest BCUT2D eigenvalue weighted by Crippen LogP contribution is -3.07. The highest BCUT2D eigenvalue weighted by molar-refractivity contribution is 5.55. The van der Waals surface area contributed by atoms with Gasteiger partial charge in [0.05, 0.1) is 18.6 Å². The van der Waals surface area contributed by atoms with Crippen LogP contribution in [-0.4, -0.2) is 28.8 Å². The molecule has 0 amide bonds. The number of nitro groups is 1. The molecule has 0 aliphatic rings. The van der Waals surface area contributed by atoms with E-state index >= 15 is 0 Å². The van der Waals surface area contributed by atoms with Crippen LogP contribution < -0.4 is 9.64 Å². The van der Waals surface area contributed by atoms with Crippen molar-refractivity contribution in [1.82, 2.24) is 10.2 Å². The van der Waals surface area contributed by atoms with Crippen LogP contribution in [0.5, 0.6) is 5.75 Å². The van der Waals surface area contributed by atoms with Gasteiger partial charge < -0.3 is 14.1 Å². The van der Waals surface area contributed by atoms with Gasteiger partial charge in [-0.2, -0.15) is 0 Å². The molecule has 0 saturated heterocycles. The zero-order valence-corrected chi connectivity index (χ0v) is 16.1. The smallest absolute Gasteiger partial charge is 0.274 e. The molecule has 0 spiro atoms. The normalized spacial score (nSPS) is 13.1. The van der Waals surface area contributed by atoms with Crippen molar-refractivity contribution in [2.75, 3.05) is 13.7 Å². The largest absolute Gasteiger partial charge is 0.494 e. The summed E-state index contributed by atoms with van der Waals surface area (Å²) in [5.41, 5.74) is 1.86. The first-order chi connectivity index (χ1) is 13.5. The molecule has 1 unspecified atom stereocenters. The highest BCUT2D eigenvalue weighted by Crippen LogP contribution is 2.22. The minimum Gasteiger partial charge on any atom is -0.494 e. The summed E-state index contributed by atoms with van der Waals surface area (Å²) >= 11 is 0. The van der Waals surface area contributed by atoms with E-state index in [-0.39, 0.29) is 11.7 Å². The number of aromatic nitrogens is 2. The average Bonchev–Trinajstić information content (AvgIpc) is 3.19. The lowest BCUT2D eigenvalue weighted by atomic mass is 10.2. The van der Waals surface area contributed by atoms with Crippen LogP contribution in [0, 0.1) is 10.1 Å². The first kappa shape index (κ1) is 19.5. The van der Waals surface area contributed by atoms with Gasteiger partial charge in [0.15, 0.2) is 6.04 Å². The van der Waals surface area contributed by atoms with Crippen molar-refractivity contribution in [3.63, 3.8) is 0 Å². The molecule has 3 rings (SSSR count). The molecule has 0 fully saturated rings. The molecule has 3 aromatic rings. The van der Waals surface area contributed by atoms with E-state index in [9.17, 15) is 10.1 Å². The second-order valence-corrected chi connectivity index (χ2v) is 6.57. The topological polar surface area (TPSA) is 95.7 Å². The van der Waals surface area contributed by atoms with E-state index in [4.69, 9.17) is 9.15 Å². The third-order valence-corrected chi connectivity index (χ3v) is 4.59. The Hall–Kier alpha value is -3.26. The number of rotatable bonds is 8. The molecule has 0 aliphatic carbocycles. The maximum absolute atomic E-state index is 10.8. The molecule has 146 valence electrons. The standard InChI is InChI=1S/C20H22N4O4/c1-4-27-18-11-5-15(6-12-18)13-23(3)14(2)19-21-22-20(28-19)16-7-9-17(10-8-16)24(25)26/h5-12,14H,4,13H2,1-3H3/p+1/t14-/m0/s1. The van der Waals surface area contributed by atoms with E-state index in [1.807, 2.05) is 26.0 Å². The molecule has 8 heteroatoms. The zero-order valence-electron chi connectivity index (χ0n) is 16.1. The average molecular weight is 383 g/mol. The Balaban J connectivity index is 1.67. The van der Waals surface area contributed by atoms with Gasteiger partial charge in [-0.15, -0.1) is 10.2 Å². The van der Waals surface area contributed by atoms with Crippen molar-refractivity contribution in [2.24, 2.45) is 0 Å². The minimum atomic E-state index is -0.440. The molecule has 0 aliphatic heterocycles. The third-order valence-electron chi connectivity index (χ3n) is 4.59. The number of nitro benzene ring substituents is 1. The number of benzene rings is 2. The van der Waals surface area contributed by atoms with Gasteiger partial charge in [-0.1, -0.05) is 0 Å². The number of ether oxygens (including phenoxy) is 1. The van der Waals surface area contributed by atoms with Crippen LogP contribution >= 0.6 is 0 Å². The Labute approximate surface area is 162 Å². The summed E-state index contributed by atoms with van der Waals surface area (Å²) < 4.78 is 11.3. The predicted molar refractivity (Wildman–Crippen MR) is 103 cm³/mol. The van der Waals surface area contributed by atoms with Gasteiger partial charge in [-0.05, 0) is 50.2 Å². The van der Waals surface area contributed by atoms with Crippen LogP contribution in [0.1, 0.15) is 31.3 Å². The Morgan fingerprint density at radius 1 is 1.14 bits per heavy atom. The van der Waals surface area contributed by atoms with Crippen LogP contribution in [0.15, 0.2) is 52.9 Å². The number of hydrogen-bond acceptors (Lipinski definition) is 6. The molecular formula is C20H23N4O4+. The molecule has 0 saturated carbocycles. The maximum atomic E-state index is 10.8. The molecule has 8 nitrogen and oxygen atoms in total. The van der Waals surface area contributed by atoms with E-state index in [0.29, 0.717) is 24.0 Å². The molecule has 0 radical (unpaired) electrons. The van der Waals surface area contributed by atoms with Gasteiger partial charge in [0.25, 0.3) is 11.6 Å². The minimum absolute atomic E-state index is 0.00846. The summed E-state index contributed by atoms with van der Waals surface area (Å²) in [6.45, 7) is 5.43. The van der Waals surface area contributed by atoms with Gasteiger partial charge >= 0.3 is 0 Å². The van der Waals surface area contributed by atoms with E-state index in [1.54, 1.807) is 12.1 Å². The third kappa shape index (κ3) is 4.52. The number of non-ortho nitro benzene ring substituents is 1. The molecule has 2 atom stereocenters. The summed E-state index contributed by atoms with van der Waals surface area (Å²) in [5.74, 6) is 1.74. The Kier molecular flexibility index (Phi) is 6.00. The van der Waals surface area contributed by atoms with E-state index in [0.717, 1.165) is 12.3 Å². The SMILES string of the molecule is CCOc1ccc(C[NH+](C)[C@@H](C)c2nnc(-c3ccc([N+](=O)[O-])cc3)o2)cc1. The summed E-state index contributed by atoms with van der Waals surface area (Å²) in [6.07, 6.45) is 0. The monoisotopic (exact) mass is 383 g/mol. The Morgan fingerprint density at radius 3 is 2.43 bits per heavy atom. The Bertz CT molecular complexity index is 922. The molecule has 1 N–H and O–H groups in total. The first-order valence-electron chi connectivity index (χ1n) is 9.10. The summed E-state index contributed by atoms with van der Waals surface area (Å²) in [7, 11) is 2.07. The number of quaternary nitrogens is 1. The molecule has 1 heterocycles. The van der Waals surface area contributed by atoms with Crippen LogP contribution in [0.25, 0.3) is 11.5 Å². The molecular weight excluding hydrogens is 360 g/mol. The fourth-order valence-electron chi connectivity index (χ4n) is 2.81. The van der Waals surface area contributed by atoms with E-state index in [2.05, 4.69) is 29.4 Å². The number of hydrogen-bond donors (Lipinski definition) is 1. The Morgan fingerprint density at radius 2 is 1.82 bits per heavy atom. The van der Waals surface area contributed by atoms with Crippen molar-refractivity contribution >= 4 is 5.69 Å². The summed E-state index contributed by atoms with van der Waals surface area (Å²) in [5, 5.41) is 19.0. The molecule has 2 aromatic carbocycles. The maximum Gasteiger partial charge on any atom is 0.274 e. The number of nitrogens with one attached hydrogen (secondary N) is 1. The van der Waals surface area contributed by atoms with Crippen LogP contribution in [-0.2, 0) is 6.54 Å². The predicted octanol–water partition coefficient (Wildman–Crippen LogP) is 2.82. The molecule has 1 aromatic heterocycles. The molecule has 0 bridgehead atoms. The zero-order chi connectivity index (χ0) is 20.1. The summed E-state index contributed by atoms with van der Waals surface area (Å²) in [4.78, 5) is 11.5. The summed E-state index contributed by atoms with van der Waals surface area (Å²) in [6, 6.07) is 14.1.